The summed E-state index contributed by atoms with van der Waals surface area (Å²) in [6.45, 7) is 9.75. The Morgan fingerprint density at radius 2 is 1.61 bits per heavy atom. The number of ether oxygens (including phenoxy) is 1. The molecule has 0 bridgehead atoms. The fourth-order valence-corrected chi connectivity index (χ4v) is 3.01. The van der Waals surface area contributed by atoms with Crippen LogP contribution in [0.2, 0.25) is 0 Å². The normalized spacial score (nSPS) is 11.8. The van der Waals surface area contributed by atoms with Crippen molar-refractivity contribution >= 4 is 11.8 Å². The summed E-state index contributed by atoms with van der Waals surface area (Å²) in [7, 11) is 0. The number of hydrogen-bond acceptors (Lipinski definition) is 3. The topological polar surface area (TPSA) is 58.6 Å². The smallest absolute Gasteiger partial charge is 0.261 e. The number of benzene rings is 2. The maximum atomic E-state index is 12.9. The van der Waals surface area contributed by atoms with Crippen molar-refractivity contribution in [2.75, 3.05) is 6.61 Å². The van der Waals surface area contributed by atoms with Gasteiger partial charge < -0.3 is 15.0 Å². The van der Waals surface area contributed by atoms with Crippen molar-refractivity contribution < 1.29 is 14.3 Å². The van der Waals surface area contributed by atoms with Crippen LogP contribution in [0.25, 0.3) is 0 Å². The molecule has 0 saturated heterocycles. The van der Waals surface area contributed by atoms with Crippen LogP contribution in [0.3, 0.4) is 0 Å². The number of rotatable bonds is 8. The minimum Gasteiger partial charge on any atom is -0.484 e. The van der Waals surface area contributed by atoms with E-state index in [1.807, 2.05) is 70.2 Å². The van der Waals surface area contributed by atoms with E-state index in [9.17, 15) is 9.59 Å². The van der Waals surface area contributed by atoms with Crippen molar-refractivity contribution in [3.05, 3.63) is 65.2 Å². The summed E-state index contributed by atoms with van der Waals surface area (Å²) >= 11 is 0. The van der Waals surface area contributed by atoms with E-state index in [-0.39, 0.29) is 24.5 Å². The van der Waals surface area contributed by atoms with Crippen LogP contribution in [0, 0.1) is 13.8 Å². The first-order valence-corrected chi connectivity index (χ1v) is 9.61. The number of carbonyl (C=O) groups is 2. The largest absolute Gasteiger partial charge is 0.484 e. The van der Waals surface area contributed by atoms with Gasteiger partial charge in [-0.25, -0.2) is 0 Å². The fraction of sp³-hybridized carbons (Fsp3) is 0.391. The molecule has 0 fully saturated rings. The van der Waals surface area contributed by atoms with E-state index in [2.05, 4.69) is 11.4 Å². The zero-order valence-corrected chi connectivity index (χ0v) is 17.4. The van der Waals surface area contributed by atoms with Crippen LogP contribution >= 0.6 is 0 Å². The van der Waals surface area contributed by atoms with Gasteiger partial charge in [-0.05, 0) is 63.4 Å². The second-order valence-corrected chi connectivity index (χ2v) is 7.46. The lowest BCUT2D eigenvalue weighted by Gasteiger charge is -2.29. The maximum Gasteiger partial charge on any atom is 0.261 e. The lowest BCUT2D eigenvalue weighted by molar-refractivity contribution is -0.142. The maximum absolute atomic E-state index is 12.9. The molecule has 0 radical (unpaired) electrons. The number of nitrogens with zero attached hydrogens (tertiary/aromatic N) is 1. The molecule has 2 rings (SSSR count). The van der Waals surface area contributed by atoms with Gasteiger partial charge in [0, 0.05) is 12.6 Å². The van der Waals surface area contributed by atoms with Crippen molar-refractivity contribution in [3.8, 4) is 5.75 Å². The first-order valence-electron chi connectivity index (χ1n) is 9.61. The Labute approximate surface area is 167 Å². The summed E-state index contributed by atoms with van der Waals surface area (Å²) in [6, 6.07) is 14.9. The highest BCUT2D eigenvalue weighted by molar-refractivity contribution is 5.88. The standard InChI is InChI=1S/C23H30N2O3/c1-16(2)24-23(27)19(5)25(14-20-9-7-6-8-10-20)22(26)15-28-21-12-17(3)11-18(4)13-21/h6-13,16,19H,14-15H2,1-5H3,(H,24,27)/t19-/m1/s1. The van der Waals surface area contributed by atoms with E-state index in [1.165, 1.54) is 0 Å². The minimum atomic E-state index is -0.599. The van der Waals surface area contributed by atoms with Gasteiger partial charge in [0.2, 0.25) is 5.91 Å². The molecule has 2 aromatic rings. The molecule has 0 aliphatic rings. The molecule has 5 nitrogen and oxygen atoms in total. The number of aryl methyl sites for hydroxylation is 2. The second-order valence-electron chi connectivity index (χ2n) is 7.46. The predicted octanol–water partition coefficient (Wildman–Crippen LogP) is 3.62. The molecule has 0 unspecified atom stereocenters. The molecular formula is C23H30N2O3. The Balaban J connectivity index is 2.14. The van der Waals surface area contributed by atoms with Crippen molar-refractivity contribution in [2.24, 2.45) is 0 Å². The predicted molar refractivity (Wildman–Crippen MR) is 111 cm³/mol. The molecule has 5 heteroatoms. The van der Waals surface area contributed by atoms with Crippen LogP contribution in [0.15, 0.2) is 48.5 Å². The Bertz CT molecular complexity index is 782. The fourth-order valence-electron chi connectivity index (χ4n) is 3.01. The van der Waals surface area contributed by atoms with Gasteiger partial charge in [-0.15, -0.1) is 0 Å². The summed E-state index contributed by atoms with van der Waals surface area (Å²) in [4.78, 5) is 27.0. The molecule has 2 amide bonds. The summed E-state index contributed by atoms with van der Waals surface area (Å²) in [5, 5.41) is 2.88. The van der Waals surface area contributed by atoms with Gasteiger partial charge in [-0.2, -0.15) is 0 Å². The van der Waals surface area contributed by atoms with E-state index in [1.54, 1.807) is 11.8 Å². The van der Waals surface area contributed by atoms with E-state index < -0.39 is 6.04 Å². The first kappa shape index (κ1) is 21.5. The summed E-state index contributed by atoms with van der Waals surface area (Å²) in [5.41, 5.74) is 3.12. The molecular weight excluding hydrogens is 352 g/mol. The van der Waals surface area contributed by atoms with Gasteiger partial charge in [-0.3, -0.25) is 9.59 Å². The van der Waals surface area contributed by atoms with Gasteiger partial charge in [0.15, 0.2) is 6.61 Å². The average Bonchev–Trinajstić information content (AvgIpc) is 2.63. The van der Waals surface area contributed by atoms with E-state index in [0.29, 0.717) is 12.3 Å². The monoisotopic (exact) mass is 382 g/mol. The Hall–Kier alpha value is -2.82. The van der Waals surface area contributed by atoms with Crippen LogP contribution in [0.1, 0.15) is 37.5 Å². The third-order valence-corrected chi connectivity index (χ3v) is 4.35. The lowest BCUT2D eigenvalue weighted by atomic mass is 10.1. The van der Waals surface area contributed by atoms with Crippen molar-refractivity contribution in [1.82, 2.24) is 10.2 Å². The molecule has 0 heterocycles. The van der Waals surface area contributed by atoms with Gasteiger partial charge in [0.05, 0.1) is 0 Å². The third-order valence-electron chi connectivity index (χ3n) is 4.35. The average molecular weight is 383 g/mol. The van der Waals surface area contributed by atoms with Crippen LogP contribution in [0.4, 0.5) is 0 Å². The second kappa shape index (κ2) is 9.93. The molecule has 0 aliphatic carbocycles. The molecule has 150 valence electrons. The molecule has 1 N–H and O–H groups in total. The molecule has 0 aromatic heterocycles. The number of nitrogens with one attached hydrogen (secondary N) is 1. The van der Waals surface area contributed by atoms with E-state index >= 15 is 0 Å². The minimum absolute atomic E-state index is 0.00939. The Morgan fingerprint density at radius 3 is 2.18 bits per heavy atom. The third kappa shape index (κ3) is 6.41. The van der Waals surface area contributed by atoms with Gasteiger partial charge >= 0.3 is 0 Å². The highest BCUT2D eigenvalue weighted by atomic mass is 16.5. The molecule has 0 saturated carbocycles. The van der Waals surface area contributed by atoms with Crippen LogP contribution < -0.4 is 10.1 Å². The van der Waals surface area contributed by atoms with Crippen LogP contribution in [-0.4, -0.2) is 35.4 Å². The number of hydrogen-bond donors (Lipinski definition) is 1. The zero-order valence-electron chi connectivity index (χ0n) is 17.4. The highest BCUT2D eigenvalue weighted by Crippen LogP contribution is 2.17. The quantitative estimate of drug-likeness (QED) is 0.759. The van der Waals surface area contributed by atoms with Crippen LogP contribution in [-0.2, 0) is 16.1 Å². The molecule has 28 heavy (non-hydrogen) atoms. The number of amides is 2. The van der Waals surface area contributed by atoms with Crippen LogP contribution in [0.5, 0.6) is 5.75 Å². The number of carbonyl (C=O) groups excluding carboxylic acids is 2. The summed E-state index contributed by atoms with van der Waals surface area (Å²) in [5.74, 6) is 0.255. The van der Waals surface area contributed by atoms with Crippen molar-refractivity contribution in [1.29, 1.82) is 0 Å². The highest BCUT2D eigenvalue weighted by Gasteiger charge is 2.26. The Morgan fingerprint density at radius 1 is 1.00 bits per heavy atom. The molecule has 1 atom stereocenters. The molecule has 0 spiro atoms. The van der Waals surface area contributed by atoms with Crippen molar-refractivity contribution in [3.63, 3.8) is 0 Å². The van der Waals surface area contributed by atoms with E-state index in [4.69, 9.17) is 4.74 Å². The molecule has 2 aromatic carbocycles. The summed E-state index contributed by atoms with van der Waals surface area (Å²) < 4.78 is 5.74. The van der Waals surface area contributed by atoms with E-state index in [0.717, 1.165) is 16.7 Å². The van der Waals surface area contributed by atoms with Gasteiger partial charge in [0.1, 0.15) is 11.8 Å². The molecule has 0 aliphatic heterocycles. The Kier molecular flexibility index (Phi) is 7.61. The van der Waals surface area contributed by atoms with Gasteiger partial charge in [-0.1, -0.05) is 36.4 Å². The summed E-state index contributed by atoms with van der Waals surface area (Å²) in [6.07, 6.45) is 0. The SMILES string of the molecule is Cc1cc(C)cc(OCC(=O)N(Cc2ccccc2)[C@H](C)C(=O)NC(C)C)c1. The lowest BCUT2D eigenvalue weighted by Crippen LogP contribution is -2.50. The zero-order chi connectivity index (χ0) is 20.7. The first-order chi connectivity index (χ1) is 13.3. The van der Waals surface area contributed by atoms with Gasteiger partial charge in [0.25, 0.3) is 5.91 Å². The van der Waals surface area contributed by atoms with Crippen molar-refractivity contribution in [2.45, 2.75) is 53.2 Å².